The van der Waals surface area contributed by atoms with Gasteiger partial charge in [0.1, 0.15) is 13.4 Å². The summed E-state index contributed by atoms with van der Waals surface area (Å²) in [4.78, 5) is 13.8. The summed E-state index contributed by atoms with van der Waals surface area (Å²) in [7, 11) is 5.79. The van der Waals surface area contributed by atoms with Gasteiger partial charge in [0.25, 0.3) is 0 Å². The molecule has 1 N–H and O–H groups in total. The molecule has 2 radical (unpaired) electrons. The van der Waals surface area contributed by atoms with Crippen LogP contribution in [0.15, 0.2) is 18.2 Å². The topological polar surface area (TPSA) is 41.6 Å². The predicted octanol–water partition coefficient (Wildman–Crippen LogP) is 3.38. The van der Waals surface area contributed by atoms with Crippen molar-refractivity contribution in [3.8, 4) is 0 Å². The van der Waals surface area contributed by atoms with Crippen molar-refractivity contribution in [1.82, 2.24) is 10.2 Å². The van der Waals surface area contributed by atoms with E-state index in [9.17, 15) is 18.0 Å². The van der Waals surface area contributed by atoms with Crippen LogP contribution in [0.5, 0.6) is 0 Å². The number of amides is 1. The molecule has 1 aromatic rings. The van der Waals surface area contributed by atoms with Crippen molar-refractivity contribution in [3.63, 3.8) is 0 Å². The third-order valence-corrected chi connectivity index (χ3v) is 4.70. The molecule has 0 atom stereocenters. The number of halogens is 3. The monoisotopic (exact) mass is 382 g/mol. The van der Waals surface area contributed by atoms with Crippen LogP contribution in [0.2, 0.25) is 0 Å². The molecule has 27 heavy (non-hydrogen) atoms. The first-order valence-electron chi connectivity index (χ1n) is 8.98. The molecule has 0 bridgehead atoms. The Kier molecular flexibility index (Phi) is 6.19. The minimum Gasteiger partial charge on any atom is -0.444 e. The molecule has 8 heteroatoms. The van der Waals surface area contributed by atoms with Gasteiger partial charge in [0.15, 0.2) is 0 Å². The fourth-order valence-corrected chi connectivity index (χ4v) is 2.93. The lowest BCUT2D eigenvalue weighted by atomic mass is 9.86. The zero-order chi connectivity index (χ0) is 20.5. The number of likely N-dealkylation sites (tertiary alicyclic amines) is 1. The van der Waals surface area contributed by atoms with E-state index >= 15 is 0 Å². The summed E-state index contributed by atoms with van der Waals surface area (Å²) in [6.45, 7) is 9.01. The largest absolute Gasteiger partial charge is 0.444 e. The zero-order valence-electron chi connectivity index (χ0n) is 16.2. The van der Waals surface area contributed by atoms with Crippen molar-refractivity contribution < 1.29 is 22.7 Å². The molecule has 0 unspecified atom stereocenters. The van der Waals surface area contributed by atoms with Crippen molar-refractivity contribution in [1.29, 1.82) is 0 Å². The van der Waals surface area contributed by atoms with Gasteiger partial charge in [-0.1, -0.05) is 17.6 Å². The molecule has 2 rings (SSSR count). The third-order valence-electron chi connectivity index (χ3n) is 4.70. The van der Waals surface area contributed by atoms with Crippen molar-refractivity contribution in [2.24, 2.45) is 0 Å². The fraction of sp³-hybridized carbons (Fsp3) is 0.632. The van der Waals surface area contributed by atoms with Crippen molar-refractivity contribution in [3.05, 3.63) is 29.3 Å². The molecule has 1 fully saturated rings. The molecule has 1 aromatic carbocycles. The summed E-state index contributed by atoms with van der Waals surface area (Å²) in [5.74, 6) is 0. The Morgan fingerprint density at radius 1 is 1.26 bits per heavy atom. The summed E-state index contributed by atoms with van der Waals surface area (Å²) in [6.07, 6.45) is -3.29. The average molecular weight is 382 g/mol. The van der Waals surface area contributed by atoms with Crippen LogP contribution in [-0.4, -0.2) is 43.1 Å². The molecule has 0 saturated carbocycles. The number of hydrogen-bond acceptors (Lipinski definition) is 3. The SMILES string of the molecule is [B]c1cc(C(F)(F)F)ccc1CNC1(C)CCN(C(=O)OC(C)(C)C)CC1. The predicted molar refractivity (Wildman–Crippen MR) is 99.1 cm³/mol. The van der Waals surface area contributed by atoms with E-state index in [2.05, 4.69) is 5.32 Å². The second-order valence-electron chi connectivity index (χ2n) is 8.29. The van der Waals surface area contributed by atoms with Gasteiger partial charge in [0, 0.05) is 25.2 Å². The van der Waals surface area contributed by atoms with Gasteiger partial charge >= 0.3 is 12.3 Å². The van der Waals surface area contributed by atoms with Crippen LogP contribution in [0, 0.1) is 0 Å². The number of nitrogens with one attached hydrogen (secondary N) is 1. The van der Waals surface area contributed by atoms with Crippen molar-refractivity contribution in [2.75, 3.05) is 13.1 Å². The van der Waals surface area contributed by atoms with Crippen LogP contribution < -0.4 is 10.8 Å². The Balaban J connectivity index is 1.91. The van der Waals surface area contributed by atoms with Gasteiger partial charge in [-0.15, -0.1) is 0 Å². The molecular formula is C19H26BF3N2O2. The minimum absolute atomic E-state index is 0.118. The van der Waals surface area contributed by atoms with Crippen molar-refractivity contribution in [2.45, 2.75) is 64.4 Å². The quantitative estimate of drug-likeness (QED) is 0.816. The number of carbonyl (C=O) groups excluding carboxylic acids is 1. The summed E-state index contributed by atoms with van der Waals surface area (Å²) in [5, 5.41) is 3.38. The Morgan fingerprint density at radius 2 is 1.85 bits per heavy atom. The Bertz CT molecular complexity index is 679. The molecule has 1 heterocycles. The Morgan fingerprint density at radius 3 is 2.33 bits per heavy atom. The lowest BCUT2D eigenvalue weighted by molar-refractivity contribution is -0.137. The molecule has 1 aliphatic rings. The number of nitrogens with zero attached hydrogens (tertiary/aromatic N) is 1. The van der Waals surface area contributed by atoms with Crippen LogP contribution in [0.3, 0.4) is 0 Å². The lowest BCUT2D eigenvalue weighted by Gasteiger charge is -2.40. The van der Waals surface area contributed by atoms with Gasteiger partial charge in [0.05, 0.1) is 5.56 Å². The Hall–Kier alpha value is -1.70. The van der Waals surface area contributed by atoms with E-state index in [0.29, 0.717) is 38.0 Å². The van der Waals surface area contributed by atoms with Gasteiger partial charge in [-0.25, -0.2) is 4.79 Å². The molecule has 148 valence electrons. The van der Waals surface area contributed by atoms with E-state index in [4.69, 9.17) is 12.6 Å². The molecule has 1 amide bonds. The summed E-state index contributed by atoms with van der Waals surface area (Å²) >= 11 is 0. The molecule has 0 spiro atoms. The van der Waals surface area contributed by atoms with E-state index in [0.717, 1.165) is 12.1 Å². The van der Waals surface area contributed by atoms with Gasteiger partial charge in [0.2, 0.25) is 0 Å². The minimum atomic E-state index is -4.40. The van der Waals surface area contributed by atoms with Gasteiger partial charge in [-0.2, -0.15) is 13.2 Å². The molecule has 1 saturated heterocycles. The standard InChI is InChI=1S/C19H26BF3N2O2/c1-17(2,3)27-16(26)25-9-7-18(4,8-10-25)24-12-13-5-6-14(11-15(13)20)19(21,22)23/h5-6,11,24H,7-10,12H2,1-4H3. The number of benzene rings is 1. The van der Waals surface area contributed by atoms with Crippen LogP contribution in [0.25, 0.3) is 0 Å². The summed E-state index contributed by atoms with van der Waals surface area (Å²) in [5.41, 5.74) is -0.768. The van der Waals surface area contributed by atoms with E-state index in [1.165, 1.54) is 6.07 Å². The van der Waals surface area contributed by atoms with Gasteiger partial charge in [-0.3, -0.25) is 0 Å². The average Bonchev–Trinajstić information content (AvgIpc) is 2.51. The highest BCUT2D eigenvalue weighted by molar-refractivity contribution is 6.33. The summed E-state index contributed by atoms with van der Waals surface area (Å²) < 4.78 is 43.6. The number of piperidine rings is 1. The van der Waals surface area contributed by atoms with Crippen LogP contribution >= 0.6 is 0 Å². The van der Waals surface area contributed by atoms with E-state index in [1.54, 1.807) is 4.90 Å². The first kappa shape index (κ1) is 21.6. The maximum Gasteiger partial charge on any atom is 0.416 e. The number of ether oxygens (including phenoxy) is 1. The number of rotatable bonds is 3. The molecular weight excluding hydrogens is 356 g/mol. The maximum atomic E-state index is 12.7. The smallest absolute Gasteiger partial charge is 0.416 e. The zero-order valence-corrected chi connectivity index (χ0v) is 16.2. The van der Waals surface area contributed by atoms with E-state index < -0.39 is 17.3 Å². The lowest BCUT2D eigenvalue weighted by Crippen LogP contribution is -2.53. The molecule has 0 aliphatic carbocycles. The summed E-state index contributed by atoms with van der Waals surface area (Å²) in [6, 6.07) is 3.41. The third kappa shape index (κ3) is 6.16. The van der Waals surface area contributed by atoms with E-state index in [-0.39, 0.29) is 17.1 Å². The highest BCUT2D eigenvalue weighted by atomic mass is 19.4. The van der Waals surface area contributed by atoms with Crippen LogP contribution in [0.4, 0.5) is 18.0 Å². The normalized spacial score (nSPS) is 17.7. The highest BCUT2D eigenvalue weighted by Crippen LogP contribution is 2.29. The first-order chi connectivity index (χ1) is 12.3. The second-order valence-corrected chi connectivity index (χ2v) is 8.29. The van der Waals surface area contributed by atoms with Crippen LogP contribution in [0.1, 0.15) is 51.7 Å². The molecule has 4 nitrogen and oxygen atoms in total. The fourth-order valence-electron chi connectivity index (χ4n) is 2.93. The van der Waals surface area contributed by atoms with Crippen LogP contribution in [-0.2, 0) is 17.5 Å². The van der Waals surface area contributed by atoms with Crippen molar-refractivity contribution >= 4 is 19.4 Å². The Labute approximate surface area is 159 Å². The molecule has 0 aromatic heterocycles. The second kappa shape index (κ2) is 7.74. The number of alkyl halides is 3. The maximum absolute atomic E-state index is 12.7. The number of hydrogen-bond donors (Lipinski definition) is 1. The number of carbonyl (C=O) groups is 1. The van der Waals surface area contributed by atoms with E-state index in [1.807, 2.05) is 27.7 Å². The first-order valence-corrected chi connectivity index (χ1v) is 8.98. The highest BCUT2D eigenvalue weighted by Gasteiger charge is 2.34. The van der Waals surface area contributed by atoms with Gasteiger partial charge < -0.3 is 15.0 Å². The molecule has 1 aliphatic heterocycles. The van der Waals surface area contributed by atoms with Gasteiger partial charge in [-0.05, 0) is 52.2 Å².